The van der Waals surface area contributed by atoms with Crippen LogP contribution in [0.1, 0.15) is 29.5 Å². The second-order valence-electron chi connectivity index (χ2n) is 7.19. The van der Waals surface area contributed by atoms with Crippen LogP contribution in [0.2, 0.25) is 0 Å². The minimum absolute atomic E-state index is 0.0690. The summed E-state index contributed by atoms with van der Waals surface area (Å²) in [6, 6.07) is 19.0. The van der Waals surface area contributed by atoms with Gasteiger partial charge in [-0.05, 0) is 43.9 Å². The number of nitrogens with zero attached hydrogens (tertiary/aromatic N) is 1. The molecule has 3 rings (SSSR count). The first kappa shape index (κ1) is 18.5. The summed E-state index contributed by atoms with van der Waals surface area (Å²) in [5.74, 6) is 0. The van der Waals surface area contributed by atoms with Crippen LogP contribution in [0.25, 0.3) is 0 Å². The number of hydrogen-bond acceptors (Lipinski definition) is 2. The molecule has 0 radical (unpaired) electrons. The highest BCUT2D eigenvalue weighted by atomic mass is 16.2. The van der Waals surface area contributed by atoms with E-state index < -0.39 is 0 Å². The molecule has 0 unspecified atom stereocenters. The van der Waals surface area contributed by atoms with Crippen molar-refractivity contribution in [2.75, 3.05) is 19.6 Å². The molecule has 2 N–H and O–H groups in total. The van der Waals surface area contributed by atoms with Crippen molar-refractivity contribution in [1.82, 2.24) is 15.5 Å². The topological polar surface area (TPSA) is 44.4 Å². The summed E-state index contributed by atoms with van der Waals surface area (Å²) in [5.41, 5.74) is 3.73. The van der Waals surface area contributed by atoms with Gasteiger partial charge in [-0.2, -0.15) is 0 Å². The lowest BCUT2D eigenvalue weighted by Gasteiger charge is -2.33. The lowest BCUT2D eigenvalue weighted by molar-refractivity contribution is 0.187. The molecule has 4 heteroatoms. The third-order valence-corrected chi connectivity index (χ3v) is 4.97. The molecule has 2 aromatic carbocycles. The van der Waals surface area contributed by atoms with E-state index in [1.807, 2.05) is 0 Å². The second kappa shape index (κ2) is 9.39. The summed E-state index contributed by atoms with van der Waals surface area (Å²) in [6.45, 7) is 5.74. The first-order chi connectivity index (χ1) is 12.7. The number of urea groups is 1. The summed E-state index contributed by atoms with van der Waals surface area (Å²) in [6.07, 6.45) is 3.25. The van der Waals surface area contributed by atoms with E-state index in [9.17, 15) is 4.79 Å². The first-order valence-corrected chi connectivity index (χ1v) is 9.55. The van der Waals surface area contributed by atoms with Crippen molar-refractivity contribution in [3.63, 3.8) is 0 Å². The third kappa shape index (κ3) is 5.88. The Morgan fingerprint density at radius 1 is 1.08 bits per heavy atom. The Bertz CT molecular complexity index is 684. The maximum atomic E-state index is 12.2. The molecule has 1 atom stereocenters. The Labute approximate surface area is 156 Å². The average molecular weight is 351 g/mol. The Morgan fingerprint density at radius 2 is 1.85 bits per heavy atom. The molecule has 0 saturated carbocycles. The molecule has 26 heavy (non-hydrogen) atoms. The fourth-order valence-electron chi connectivity index (χ4n) is 3.43. The molecule has 1 aliphatic rings. The monoisotopic (exact) mass is 351 g/mol. The smallest absolute Gasteiger partial charge is 0.315 e. The van der Waals surface area contributed by atoms with Crippen molar-refractivity contribution in [2.24, 2.45) is 0 Å². The fraction of sp³-hybridized carbons (Fsp3) is 0.409. The number of benzene rings is 2. The van der Waals surface area contributed by atoms with Gasteiger partial charge in [0.25, 0.3) is 0 Å². The fourth-order valence-corrected chi connectivity index (χ4v) is 3.43. The van der Waals surface area contributed by atoms with Gasteiger partial charge in [-0.1, -0.05) is 60.2 Å². The summed E-state index contributed by atoms with van der Waals surface area (Å²) < 4.78 is 0. The Hall–Kier alpha value is -2.33. The number of hydrogen-bond donors (Lipinski definition) is 2. The van der Waals surface area contributed by atoms with Crippen LogP contribution in [-0.4, -0.2) is 36.6 Å². The summed E-state index contributed by atoms with van der Waals surface area (Å²) in [5, 5.41) is 6.11. The van der Waals surface area contributed by atoms with Crippen LogP contribution in [-0.2, 0) is 13.0 Å². The molecular formula is C22H29N3O. The normalized spacial score (nSPS) is 17.7. The maximum Gasteiger partial charge on any atom is 0.315 e. The quantitative estimate of drug-likeness (QED) is 0.837. The number of nitrogens with one attached hydrogen (secondary N) is 2. The van der Waals surface area contributed by atoms with Crippen LogP contribution in [0, 0.1) is 6.92 Å². The van der Waals surface area contributed by atoms with Crippen LogP contribution < -0.4 is 10.6 Å². The van der Waals surface area contributed by atoms with Gasteiger partial charge in [0.05, 0.1) is 0 Å². The number of rotatable bonds is 6. The van der Waals surface area contributed by atoms with Gasteiger partial charge in [0.15, 0.2) is 0 Å². The molecule has 1 heterocycles. The largest absolute Gasteiger partial charge is 0.334 e. The van der Waals surface area contributed by atoms with E-state index in [0.29, 0.717) is 6.54 Å². The number of carbonyl (C=O) groups excluding carboxylic acids is 1. The van der Waals surface area contributed by atoms with Crippen molar-refractivity contribution in [2.45, 2.75) is 38.8 Å². The SMILES string of the molecule is Cc1ccc(CNC(=O)N[C@@H]2CCCN(CCc3ccccc3)C2)cc1. The molecule has 1 saturated heterocycles. The number of piperidine rings is 1. The lowest BCUT2D eigenvalue weighted by atomic mass is 10.0. The van der Waals surface area contributed by atoms with Crippen LogP contribution in [0.3, 0.4) is 0 Å². The van der Waals surface area contributed by atoms with E-state index in [1.54, 1.807) is 0 Å². The van der Waals surface area contributed by atoms with E-state index in [0.717, 1.165) is 44.5 Å². The minimum Gasteiger partial charge on any atom is -0.334 e. The van der Waals surface area contributed by atoms with Gasteiger partial charge in [-0.15, -0.1) is 0 Å². The Morgan fingerprint density at radius 3 is 2.62 bits per heavy atom. The van der Waals surface area contributed by atoms with Crippen LogP contribution in [0.5, 0.6) is 0 Å². The molecule has 0 aromatic heterocycles. The third-order valence-electron chi connectivity index (χ3n) is 4.97. The summed E-state index contributed by atoms with van der Waals surface area (Å²) in [7, 11) is 0. The number of aryl methyl sites for hydroxylation is 1. The van der Waals surface area contributed by atoms with E-state index in [4.69, 9.17) is 0 Å². The molecule has 138 valence electrons. The molecule has 4 nitrogen and oxygen atoms in total. The highest BCUT2D eigenvalue weighted by Gasteiger charge is 2.21. The van der Waals surface area contributed by atoms with E-state index in [1.165, 1.54) is 11.1 Å². The van der Waals surface area contributed by atoms with Gasteiger partial charge in [0, 0.05) is 25.7 Å². The van der Waals surface area contributed by atoms with Crippen molar-refractivity contribution in [3.05, 3.63) is 71.3 Å². The zero-order valence-corrected chi connectivity index (χ0v) is 15.6. The second-order valence-corrected chi connectivity index (χ2v) is 7.19. The number of likely N-dealkylation sites (tertiary alicyclic amines) is 1. The van der Waals surface area contributed by atoms with Gasteiger partial charge in [-0.25, -0.2) is 4.79 Å². The molecule has 2 aromatic rings. The zero-order valence-electron chi connectivity index (χ0n) is 15.6. The molecular weight excluding hydrogens is 322 g/mol. The van der Waals surface area contributed by atoms with Gasteiger partial charge in [0.2, 0.25) is 0 Å². The Kier molecular flexibility index (Phi) is 6.67. The minimum atomic E-state index is -0.0690. The molecule has 1 fully saturated rings. The number of amides is 2. The van der Waals surface area contributed by atoms with E-state index >= 15 is 0 Å². The highest BCUT2D eigenvalue weighted by Crippen LogP contribution is 2.11. The van der Waals surface area contributed by atoms with Crippen molar-refractivity contribution >= 4 is 6.03 Å². The van der Waals surface area contributed by atoms with Gasteiger partial charge in [-0.3, -0.25) is 0 Å². The van der Waals surface area contributed by atoms with Crippen LogP contribution >= 0.6 is 0 Å². The first-order valence-electron chi connectivity index (χ1n) is 9.55. The molecule has 2 amide bonds. The van der Waals surface area contributed by atoms with Gasteiger partial charge < -0.3 is 15.5 Å². The van der Waals surface area contributed by atoms with E-state index in [-0.39, 0.29) is 12.1 Å². The predicted molar refractivity (Wildman–Crippen MR) is 106 cm³/mol. The number of carbonyl (C=O) groups is 1. The summed E-state index contributed by atoms with van der Waals surface area (Å²) >= 11 is 0. The van der Waals surface area contributed by atoms with Gasteiger partial charge >= 0.3 is 6.03 Å². The zero-order chi connectivity index (χ0) is 18.2. The van der Waals surface area contributed by atoms with Gasteiger partial charge in [0.1, 0.15) is 0 Å². The Balaban J connectivity index is 1.39. The van der Waals surface area contributed by atoms with Crippen LogP contribution in [0.4, 0.5) is 4.79 Å². The van der Waals surface area contributed by atoms with E-state index in [2.05, 4.69) is 77.1 Å². The molecule has 0 aliphatic carbocycles. The van der Waals surface area contributed by atoms with Crippen LogP contribution in [0.15, 0.2) is 54.6 Å². The highest BCUT2D eigenvalue weighted by molar-refractivity contribution is 5.74. The molecule has 0 bridgehead atoms. The summed E-state index contributed by atoms with van der Waals surface area (Å²) in [4.78, 5) is 14.7. The maximum absolute atomic E-state index is 12.2. The van der Waals surface area contributed by atoms with Crippen molar-refractivity contribution in [1.29, 1.82) is 0 Å². The van der Waals surface area contributed by atoms with Crippen molar-refractivity contribution in [3.8, 4) is 0 Å². The standard InChI is InChI=1S/C22H29N3O/c1-18-9-11-20(12-10-18)16-23-22(26)24-21-8-5-14-25(17-21)15-13-19-6-3-2-4-7-19/h2-4,6-7,9-12,21H,5,8,13-17H2,1H3,(H2,23,24,26)/t21-/m1/s1. The van der Waals surface area contributed by atoms with Crippen molar-refractivity contribution < 1.29 is 4.79 Å². The lowest BCUT2D eigenvalue weighted by Crippen LogP contribution is -2.50. The predicted octanol–water partition coefficient (Wildman–Crippen LogP) is 3.50. The average Bonchev–Trinajstić information content (AvgIpc) is 2.67. The molecule has 1 aliphatic heterocycles. The molecule has 0 spiro atoms.